The zero-order valence-electron chi connectivity index (χ0n) is 11.4. The van der Waals surface area contributed by atoms with E-state index in [0.29, 0.717) is 12.3 Å². The molecule has 2 amide bonds. The van der Waals surface area contributed by atoms with E-state index in [2.05, 4.69) is 12.2 Å². The minimum absolute atomic E-state index is 0.0699. The van der Waals surface area contributed by atoms with Crippen LogP contribution in [0.1, 0.15) is 52.4 Å². The molecule has 1 N–H and O–H groups in total. The Morgan fingerprint density at radius 3 is 2.50 bits per heavy atom. The van der Waals surface area contributed by atoms with E-state index < -0.39 is 0 Å². The number of piperazine rings is 1. The van der Waals surface area contributed by atoms with Crippen LogP contribution in [0.2, 0.25) is 0 Å². The van der Waals surface area contributed by atoms with Crippen LogP contribution in [0, 0.1) is 5.92 Å². The molecular weight excluding hydrogens is 228 g/mol. The van der Waals surface area contributed by atoms with Gasteiger partial charge in [-0.05, 0) is 31.6 Å². The number of carbonyl (C=O) groups excluding carboxylic acids is 2. The van der Waals surface area contributed by atoms with Crippen molar-refractivity contribution in [3.05, 3.63) is 0 Å². The van der Waals surface area contributed by atoms with Crippen LogP contribution in [-0.4, -0.2) is 35.3 Å². The second-order valence-electron chi connectivity index (χ2n) is 5.49. The number of hydrogen-bond acceptors (Lipinski definition) is 2. The molecule has 0 aromatic carbocycles. The molecule has 4 nitrogen and oxygen atoms in total. The molecule has 0 aromatic rings. The summed E-state index contributed by atoms with van der Waals surface area (Å²) in [6.45, 7) is 4.85. The van der Waals surface area contributed by atoms with Crippen LogP contribution >= 0.6 is 0 Å². The Bertz CT molecular complexity index is 326. The van der Waals surface area contributed by atoms with Crippen molar-refractivity contribution < 1.29 is 9.59 Å². The summed E-state index contributed by atoms with van der Waals surface area (Å²) in [6.07, 6.45) is 6.14. The van der Waals surface area contributed by atoms with Crippen molar-refractivity contribution in [2.24, 2.45) is 5.92 Å². The van der Waals surface area contributed by atoms with Crippen LogP contribution in [-0.2, 0) is 9.59 Å². The van der Waals surface area contributed by atoms with Crippen molar-refractivity contribution in [3.63, 3.8) is 0 Å². The molecule has 1 aliphatic carbocycles. The Kier molecular flexibility index (Phi) is 4.25. The quantitative estimate of drug-likeness (QED) is 0.731. The normalized spacial score (nSPS) is 28.4. The van der Waals surface area contributed by atoms with Crippen molar-refractivity contribution in [3.8, 4) is 0 Å². The molecule has 1 aliphatic heterocycles. The number of amides is 2. The Hall–Kier alpha value is -1.06. The molecule has 4 heteroatoms. The van der Waals surface area contributed by atoms with Crippen molar-refractivity contribution in [1.29, 1.82) is 0 Å². The molecule has 0 bridgehead atoms. The maximum Gasteiger partial charge on any atom is 0.245 e. The monoisotopic (exact) mass is 252 g/mol. The summed E-state index contributed by atoms with van der Waals surface area (Å²) in [5.74, 6) is 0.610. The SMILES string of the molecule is CCCCCN1C(=O)C(CC)NC(=O)C1C1CC1. The van der Waals surface area contributed by atoms with E-state index in [4.69, 9.17) is 0 Å². The van der Waals surface area contributed by atoms with E-state index in [-0.39, 0.29) is 23.9 Å². The molecule has 1 saturated carbocycles. The van der Waals surface area contributed by atoms with E-state index in [0.717, 1.165) is 38.6 Å². The molecule has 2 rings (SSSR count). The summed E-state index contributed by atoms with van der Waals surface area (Å²) < 4.78 is 0. The molecule has 2 fully saturated rings. The molecule has 2 aliphatic rings. The van der Waals surface area contributed by atoms with E-state index in [9.17, 15) is 9.59 Å². The number of nitrogens with zero attached hydrogens (tertiary/aromatic N) is 1. The molecule has 2 atom stereocenters. The summed E-state index contributed by atoms with van der Waals surface area (Å²) in [4.78, 5) is 26.3. The van der Waals surface area contributed by atoms with Gasteiger partial charge in [0, 0.05) is 6.54 Å². The van der Waals surface area contributed by atoms with Gasteiger partial charge in [-0.15, -0.1) is 0 Å². The molecule has 1 saturated heterocycles. The largest absolute Gasteiger partial charge is 0.343 e. The zero-order valence-corrected chi connectivity index (χ0v) is 11.4. The molecule has 18 heavy (non-hydrogen) atoms. The highest BCUT2D eigenvalue weighted by Crippen LogP contribution is 2.37. The minimum atomic E-state index is -0.297. The van der Waals surface area contributed by atoms with Crippen LogP contribution < -0.4 is 5.32 Å². The van der Waals surface area contributed by atoms with E-state index in [1.807, 2.05) is 11.8 Å². The molecule has 102 valence electrons. The topological polar surface area (TPSA) is 49.4 Å². The van der Waals surface area contributed by atoms with Gasteiger partial charge in [0.2, 0.25) is 11.8 Å². The average molecular weight is 252 g/mol. The van der Waals surface area contributed by atoms with Crippen molar-refractivity contribution in [2.75, 3.05) is 6.54 Å². The van der Waals surface area contributed by atoms with Gasteiger partial charge in [-0.1, -0.05) is 26.7 Å². The number of hydrogen-bond donors (Lipinski definition) is 1. The Labute approximate surface area is 109 Å². The number of carbonyl (C=O) groups is 2. The van der Waals surface area contributed by atoms with E-state index in [1.165, 1.54) is 0 Å². The minimum Gasteiger partial charge on any atom is -0.343 e. The third-order valence-electron chi connectivity index (χ3n) is 3.98. The summed E-state index contributed by atoms with van der Waals surface area (Å²) in [5.41, 5.74) is 0. The second-order valence-corrected chi connectivity index (χ2v) is 5.49. The van der Waals surface area contributed by atoms with Crippen LogP contribution in [0.15, 0.2) is 0 Å². The fourth-order valence-corrected chi connectivity index (χ4v) is 2.74. The van der Waals surface area contributed by atoms with Gasteiger partial charge in [0.25, 0.3) is 0 Å². The van der Waals surface area contributed by atoms with Gasteiger partial charge >= 0.3 is 0 Å². The van der Waals surface area contributed by atoms with Gasteiger partial charge in [0.05, 0.1) is 0 Å². The van der Waals surface area contributed by atoms with Crippen molar-refractivity contribution >= 4 is 11.8 Å². The Morgan fingerprint density at radius 1 is 1.22 bits per heavy atom. The molecule has 0 radical (unpaired) electrons. The second kappa shape index (κ2) is 5.72. The molecule has 0 spiro atoms. The van der Waals surface area contributed by atoms with Crippen LogP contribution in [0.3, 0.4) is 0 Å². The highest BCUT2D eigenvalue weighted by atomic mass is 16.2. The van der Waals surface area contributed by atoms with Crippen LogP contribution in [0.4, 0.5) is 0 Å². The first-order chi connectivity index (χ1) is 8.69. The molecule has 0 aromatic heterocycles. The summed E-state index contributed by atoms with van der Waals surface area (Å²) in [6, 6.07) is -0.480. The lowest BCUT2D eigenvalue weighted by atomic mass is 10.0. The fourth-order valence-electron chi connectivity index (χ4n) is 2.74. The lowest BCUT2D eigenvalue weighted by molar-refractivity contribution is -0.150. The maximum atomic E-state index is 12.4. The number of nitrogens with one attached hydrogen (secondary N) is 1. The molecule has 2 unspecified atom stereocenters. The van der Waals surface area contributed by atoms with Gasteiger partial charge in [0.1, 0.15) is 12.1 Å². The van der Waals surface area contributed by atoms with E-state index in [1.54, 1.807) is 0 Å². The van der Waals surface area contributed by atoms with E-state index >= 15 is 0 Å². The smallest absolute Gasteiger partial charge is 0.245 e. The Balaban J connectivity index is 2.06. The summed E-state index contributed by atoms with van der Waals surface area (Å²) in [7, 11) is 0. The first kappa shape index (κ1) is 13.4. The lowest BCUT2D eigenvalue weighted by Gasteiger charge is -2.39. The van der Waals surface area contributed by atoms with Crippen molar-refractivity contribution in [2.45, 2.75) is 64.5 Å². The molecule has 1 heterocycles. The first-order valence-corrected chi connectivity index (χ1v) is 7.29. The van der Waals surface area contributed by atoms with Gasteiger partial charge in [-0.3, -0.25) is 9.59 Å². The fraction of sp³-hybridized carbons (Fsp3) is 0.857. The predicted octanol–water partition coefficient (Wildman–Crippen LogP) is 1.69. The van der Waals surface area contributed by atoms with Gasteiger partial charge in [0.15, 0.2) is 0 Å². The van der Waals surface area contributed by atoms with Crippen molar-refractivity contribution in [1.82, 2.24) is 10.2 Å². The summed E-state index contributed by atoms with van der Waals surface area (Å²) in [5, 5.41) is 2.88. The standard InChI is InChI=1S/C14H24N2O2/c1-3-5-6-9-16-12(10-7-8-10)13(17)15-11(4-2)14(16)18/h10-12H,3-9H2,1-2H3,(H,15,17). The third-order valence-corrected chi connectivity index (χ3v) is 3.98. The number of rotatable bonds is 6. The molecular formula is C14H24N2O2. The zero-order chi connectivity index (χ0) is 13.1. The van der Waals surface area contributed by atoms with Gasteiger partial charge in [-0.2, -0.15) is 0 Å². The third kappa shape index (κ3) is 2.68. The predicted molar refractivity (Wildman–Crippen MR) is 70.0 cm³/mol. The Morgan fingerprint density at radius 2 is 1.94 bits per heavy atom. The maximum absolute atomic E-state index is 12.4. The highest BCUT2D eigenvalue weighted by molar-refractivity contribution is 5.97. The first-order valence-electron chi connectivity index (χ1n) is 7.29. The summed E-state index contributed by atoms with van der Waals surface area (Å²) >= 11 is 0. The van der Waals surface area contributed by atoms with Gasteiger partial charge in [-0.25, -0.2) is 0 Å². The average Bonchev–Trinajstić information content (AvgIpc) is 3.17. The highest BCUT2D eigenvalue weighted by Gasteiger charge is 2.46. The van der Waals surface area contributed by atoms with Gasteiger partial charge < -0.3 is 10.2 Å². The number of unbranched alkanes of at least 4 members (excludes halogenated alkanes) is 2. The lowest BCUT2D eigenvalue weighted by Crippen LogP contribution is -2.64. The van der Waals surface area contributed by atoms with Crippen LogP contribution in [0.25, 0.3) is 0 Å². The van der Waals surface area contributed by atoms with Crippen LogP contribution in [0.5, 0.6) is 0 Å².